The van der Waals surface area contributed by atoms with E-state index in [-0.39, 0.29) is 28.9 Å². The van der Waals surface area contributed by atoms with Crippen molar-refractivity contribution in [3.63, 3.8) is 0 Å². The highest BCUT2D eigenvalue weighted by Crippen LogP contribution is 2.38. The largest absolute Gasteiger partial charge is 0.365 e. The van der Waals surface area contributed by atoms with Crippen LogP contribution in [0.4, 0.5) is 26.2 Å². The average molecular weight is 453 g/mol. The predicted octanol–water partition coefficient (Wildman–Crippen LogP) is 5.62. The van der Waals surface area contributed by atoms with Gasteiger partial charge in [0, 0.05) is 46.3 Å². The number of aromatic nitrogens is 3. The summed E-state index contributed by atoms with van der Waals surface area (Å²) in [4.78, 5) is 14.8. The fourth-order valence-electron chi connectivity index (χ4n) is 4.67. The van der Waals surface area contributed by atoms with Crippen molar-refractivity contribution in [2.24, 2.45) is 0 Å². The minimum atomic E-state index is -0.520. The molecular weight excluding hydrogens is 422 g/mol. The number of pyridine rings is 1. The maximum atomic E-state index is 14.7. The number of nitrogens with zero attached hydrogens (tertiary/aromatic N) is 4. The highest BCUT2D eigenvalue weighted by Gasteiger charge is 2.43. The van der Waals surface area contributed by atoms with Crippen LogP contribution in [0.25, 0.3) is 11.1 Å². The lowest BCUT2D eigenvalue weighted by atomic mass is 9.77. The SMILES string of the molecule is CN1C(C)(C)CC(Nc2nc(Nc3ccc(-c4cccnc4)c(F)c3)ncc2F)CC1(C)C. The molecule has 1 saturated heterocycles. The van der Waals surface area contributed by atoms with Gasteiger partial charge in [-0.15, -0.1) is 0 Å². The molecule has 1 aliphatic rings. The van der Waals surface area contributed by atoms with Crippen LogP contribution in [0.3, 0.4) is 0 Å². The minimum absolute atomic E-state index is 0.0441. The third-order valence-corrected chi connectivity index (χ3v) is 6.59. The summed E-state index contributed by atoms with van der Waals surface area (Å²) in [7, 11) is 2.13. The molecule has 33 heavy (non-hydrogen) atoms. The van der Waals surface area contributed by atoms with E-state index in [4.69, 9.17) is 0 Å². The third-order valence-electron chi connectivity index (χ3n) is 6.59. The summed E-state index contributed by atoms with van der Waals surface area (Å²) in [5.41, 5.74) is 1.52. The molecule has 2 aromatic heterocycles. The summed E-state index contributed by atoms with van der Waals surface area (Å²) in [6.45, 7) is 8.76. The van der Waals surface area contributed by atoms with Crippen molar-refractivity contribution in [1.82, 2.24) is 19.9 Å². The minimum Gasteiger partial charge on any atom is -0.365 e. The summed E-state index contributed by atoms with van der Waals surface area (Å²) in [6, 6.07) is 8.37. The van der Waals surface area contributed by atoms with Crippen LogP contribution in [0, 0.1) is 11.6 Å². The van der Waals surface area contributed by atoms with E-state index in [1.165, 1.54) is 6.07 Å². The quantitative estimate of drug-likeness (QED) is 0.524. The van der Waals surface area contributed by atoms with Gasteiger partial charge >= 0.3 is 0 Å². The molecule has 1 aliphatic heterocycles. The fourth-order valence-corrected chi connectivity index (χ4v) is 4.67. The van der Waals surface area contributed by atoms with Crippen LogP contribution >= 0.6 is 0 Å². The lowest BCUT2D eigenvalue weighted by molar-refractivity contribution is -0.00778. The van der Waals surface area contributed by atoms with Crippen molar-refractivity contribution in [2.45, 2.75) is 57.7 Å². The first-order valence-corrected chi connectivity index (χ1v) is 11.1. The topological polar surface area (TPSA) is 66.0 Å². The van der Waals surface area contributed by atoms with Crippen LogP contribution in [-0.2, 0) is 0 Å². The van der Waals surface area contributed by atoms with E-state index in [2.05, 4.69) is 65.2 Å². The van der Waals surface area contributed by atoms with Gasteiger partial charge in [0.1, 0.15) is 5.82 Å². The van der Waals surface area contributed by atoms with E-state index in [1.54, 1.807) is 36.7 Å². The first-order valence-electron chi connectivity index (χ1n) is 11.1. The summed E-state index contributed by atoms with van der Waals surface area (Å²) >= 11 is 0. The zero-order valence-corrected chi connectivity index (χ0v) is 19.7. The van der Waals surface area contributed by atoms with E-state index in [1.807, 2.05) is 0 Å². The number of nitrogens with one attached hydrogen (secondary N) is 2. The highest BCUT2D eigenvalue weighted by atomic mass is 19.1. The summed E-state index contributed by atoms with van der Waals surface area (Å²) in [6.07, 6.45) is 6.07. The number of hydrogen-bond acceptors (Lipinski definition) is 6. The van der Waals surface area contributed by atoms with Crippen molar-refractivity contribution in [2.75, 3.05) is 17.7 Å². The van der Waals surface area contributed by atoms with Gasteiger partial charge in [0.15, 0.2) is 11.6 Å². The van der Waals surface area contributed by atoms with E-state index < -0.39 is 11.6 Å². The smallest absolute Gasteiger partial charge is 0.229 e. The number of likely N-dealkylation sites (tertiary alicyclic amines) is 1. The number of benzene rings is 1. The first-order chi connectivity index (χ1) is 15.5. The van der Waals surface area contributed by atoms with Gasteiger partial charge in [0.05, 0.1) is 6.20 Å². The van der Waals surface area contributed by atoms with Crippen LogP contribution in [-0.4, -0.2) is 44.0 Å². The van der Waals surface area contributed by atoms with E-state index >= 15 is 0 Å². The van der Waals surface area contributed by atoms with Crippen molar-refractivity contribution in [1.29, 1.82) is 0 Å². The average Bonchev–Trinajstić information content (AvgIpc) is 2.75. The molecule has 0 amide bonds. The Morgan fingerprint density at radius 3 is 2.36 bits per heavy atom. The standard InChI is InChI=1S/C25H30F2N6/c1-24(2)12-18(13-25(3,4)33(24)5)30-22-21(27)15-29-23(32-22)31-17-8-9-19(20(26)11-17)16-7-6-10-28-14-16/h6-11,14-15,18H,12-13H2,1-5H3,(H2,29,30,31,32). The van der Waals surface area contributed by atoms with Crippen molar-refractivity contribution in [3.8, 4) is 11.1 Å². The van der Waals surface area contributed by atoms with Gasteiger partial charge in [-0.3, -0.25) is 9.88 Å². The number of anilines is 3. The number of piperidine rings is 1. The summed E-state index contributed by atoms with van der Waals surface area (Å²) in [5.74, 6) is -0.586. The van der Waals surface area contributed by atoms with E-state index in [9.17, 15) is 8.78 Å². The third kappa shape index (κ3) is 4.95. The molecule has 1 aromatic carbocycles. The Bertz CT molecular complexity index is 1110. The summed E-state index contributed by atoms with van der Waals surface area (Å²) < 4.78 is 29.2. The maximum Gasteiger partial charge on any atom is 0.229 e. The molecule has 3 aromatic rings. The van der Waals surface area contributed by atoms with Gasteiger partial charge in [-0.05, 0) is 71.8 Å². The number of rotatable bonds is 5. The lowest BCUT2D eigenvalue weighted by Gasteiger charge is -2.53. The molecule has 0 saturated carbocycles. The Kier molecular flexibility index (Phi) is 6.05. The molecule has 0 radical (unpaired) electrons. The monoisotopic (exact) mass is 452 g/mol. The van der Waals surface area contributed by atoms with E-state index in [0.29, 0.717) is 16.8 Å². The molecular formula is C25H30F2N6. The lowest BCUT2D eigenvalue weighted by Crippen LogP contribution is -2.61. The molecule has 4 rings (SSSR count). The van der Waals surface area contributed by atoms with Gasteiger partial charge in [0.2, 0.25) is 5.95 Å². The summed E-state index contributed by atoms with van der Waals surface area (Å²) in [5, 5.41) is 6.25. The van der Waals surface area contributed by atoms with Gasteiger partial charge in [-0.1, -0.05) is 6.07 Å². The van der Waals surface area contributed by atoms with E-state index in [0.717, 1.165) is 19.0 Å². The molecule has 0 bridgehead atoms. The zero-order chi connectivity index (χ0) is 23.8. The maximum absolute atomic E-state index is 14.7. The molecule has 0 unspecified atom stereocenters. The predicted molar refractivity (Wildman–Crippen MR) is 127 cm³/mol. The molecule has 3 heterocycles. The molecule has 6 nitrogen and oxygen atoms in total. The Morgan fingerprint density at radius 1 is 1.00 bits per heavy atom. The van der Waals surface area contributed by atoms with Gasteiger partial charge in [-0.25, -0.2) is 13.8 Å². The second-order valence-electron chi connectivity index (χ2n) is 9.88. The van der Waals surface area contributed by atoms with Crippen LogP contribution in [0.15, 0.2) is 48.9 Å². The molecule has 8 heteroatoms. The molecule has 1 fully saturated rings. The van der Waals surface area contributed by atoms with Crippen LogP contribution in [0.5, 0.6) is 0 Å². The molecule has 0 aliphatic carbocycles. The van der Waals surface area contributed by atoms with Crippen molar-refractivity contribution < 1.29 is 8.78 Å². The normalized spacial score (nSPS) is 18.2. The molecule has 0 spiro atoms. The van der Waals surface area contributed by atoms with Crippen LogP contribution in [0.1, 0.15) is 40.5 Å². The molecule has 2 N–H and O–H groups in total. The number of hydrogen-bond donors (Lipinski definition) is 2. The fraction of sp³-hybridized carbons (Fsp3) is 0.400. The Hall–Kier alpha value is -3.13. The van der Waals surface area contributed by atoms with Gasteiger partial charge in [-0.2, -0.15) is 4.98 Å². The Morgan fingerprint density at radius 2 is 1.73 bits per heavy atom. The zero-order valence-electron chi connectivity index (χ0n) is 19.7. The Labute approximate surface area is 193 Å². The van der Waals surface area contributed by atoms with Gasteiger partial charge in [0.25, 0.3) is 0 Å². The first kappa shape index (κ1) is 23.0. The van der Waals surface area contributed by atoms with Crippen molar-refractivity contribution >= 4 is 17.5 Å². The van der Waals surface area contributed by atoms with Crippen LogP contribution in [0.2, 0.25) is 0 Å². The van der Waals surface area contributed by atoms with Crippen LogP contribution < -0.4 is 10.6 Å². The van der Waals surface area contributed by atoms with Crippen molar-refractivity contribution in [3.05, 3.63) is 60.6 Å². The second kappa shape index (κ2) is 8.67. The highest BCUT2D eigenvalue weighted by molar-refractivity contribution is 5.67. The molecule has 0 atom stereocenters. The Balaban J connectivity index is 1.52. The number of halogens is 2. The molecule has 174 valence electrons. The second-order valence-corrected chi connectivity index (χ2v) is 9.88. The van der Waals surface area contributed by atoms with Gasteiger partial charge < -0.3 is 10.6 Å².